The first-order chi connectivity index (χ1) is 7.78. The first-order valence-corrected chi connectivity index (χ1v) is 6.63. The molecule has 0 aliphatic heterocycles. The van der Waals surface area contributed by atoms with Gasteiger partial charge in [-0.25, -0.2) is 0 Å². The molecular weight excluding hydrogens is 218 g/mol. The third-order valence-electron chi connectivity index (χ3n) is 3.63. The average Bonchev–Trinajstić information content (AvgIpc) is 2.76. The van der Waals surface area contributed by atoms with Gasteiger partial charge in [-0.15, -0.1) is 0 Å². The first kappa shape index (κ1) is 11.9. The average molecular weight is 238 g/mol. The van der Waals surface area contributed by atoms with Gasteiger partial charge in [0.2, 0.25) is 0 Å². The Hall–Kier alpha value is -0.530. The fraction of sp³-hybridized carbons (Fsp3) is 0.571. The molecule has 1 aliphatic carbocycles. The van der Waals surface area contributed by atoms with Crippen LogP contribution in [0.25, 0.3) is 0 Å². The zero-order valence-electron chi connectivity index (χ0n) is 9.88. The van der Waals surface area contributed by atoms with E-state index in [0.29, 0.717) is 0 Å². The lowest BCUT2D eigenvalue weighted by Gasteiger charge is -2.12. The summed E-state index contributed by atoms with van der Waals surface area (Å²) in [5.41, 5.74) is 1.32. The van der Waals surface area contributed by atoms with Crippen molar-refractivity contribution < 1.29 is 0 Å². The summed E-state index contributed by atoms with van der Waals surface area (Å²) in [6.45, 7) is 3.27. The number of benzene rings is 1. The molecule has 88 valence electrons. The van der Waals surface area contributed by atoms with Crippen LogP contribution >= 0.6 is 11.6 Å². The smallest absolute Gasteiger partial charge is 0.0406 e. The third-order valence-corrected chi connectivity index (χ3v) is 3.88. The van der Waals surface area contributed by atoms with Gasteiger partial charge in [0.25, 0.3) is 0 Å². The minimum absolute atomic E-state index is 0.723. The van der Waals surface area contributed by atoms with Crippen molar-refractivity contribution in [3.05, 3.63) is 34.9 Å². The molecule has 1 saturated carbocycles. The molecule has 16 heavy (non-hydrogen) atoms. The van der Waals surface area contributed by atoms with Crippen molar-refractivity contribution in [2.24, 2.45) is 5.92 Å². The van der Waals surface area contributed by atoms with Crippen molar-refractivity contribution in [1.82, 2.24) is 5.32 Å². The van der Waals surface area contributed by atoms with E-state index >= 15 is 0 Å². The number of hydrogen-bond donors (Lipinski definition) is 1. The van der Waals surface area contributed by atoms with Gasteiger partial charge in [-0.2, -0.15) is 0 Å². The topological polar surface area (TPSA) is 12.0 Å². The number of rotatable bonds is 4. The standard InChI is InChI=1S/C14H20ClN/c1-2-11-5-8-14(9-11)16-10-12-3-6-13(15)7-4-12/h3-4,6-7,11,14,16H,2,5,8-10H2,1H3. The maximum Gasteiger partial charge on any atom is 0.0406 e. The van der Waals surface area contributed by atoms with Crippen molar-refractivity contribution in [3.8, 4) is 0 Å². The molecule has 0 heterocycles. The third kappa shape index (κ3) is 3.23. The second kappa shape index (κ2) is 5.70. The lowest BCUT2D eigenvalue weighted by Crippen LogP contribution is -2.25. The minimum Gasteiger partial charge on any atom is -0.310 e. The molecule has 2 rings (SSSR count). The number of nitrogens with one attached hydrogen (secondary N) is 1. The summed E-state index contributed by atoms with van der Waals surface area (Å²) in [6, 6.07) is 8.84. The normalized spacial score (nSPS) is 24.9. The van der Waals surface area contributed by atoms with Crippen LogP contribution in [-0.4, -0.2) is 6.04 Å². The Bertz CT molecular complexity index is 320. The van der Waals surface area contributed by atoms with Crippen molar-refractivity contribution in [2.45, 2.75) is 45.2 Å². The molecular formula is C14H20ClN. The Morgan fingerprint density at radius 3 is 2.62 bits per heavy atom. The van der Waals surface area contributed by atoms with Gasteiger partial charge in [0.1, 0.15) is 0 Å². The van der Waals surface area contributed by atoms with Gasteiger partial charge in [0.05, 0.1) is 0 Å². The largest absolute Gasteiger partial charge is 0.310 e. The molecule has 1 nitrogen and oxygen atoms in total. The van der Waals surface area contributed by atoms with Crippen LogP contribution in [0, 0.1) is 5.92 Å². The zero-order valence-corrected chi connectivity index (χ0v) is 10.6. The number of hydrogen-bond acceptors (Lipinski definition) is 1. The highest BCUT2D eigenvalue weighted by Gasteiger charge is 2.22. The summed E-state index contributed by atoms with van der Waals surface area (Å²) in [5.74, 6) is 0.947. The monoisotopic (exact) mass is 237 g/mol. The SMILES string of the molecule is CCC1CCC(NCc2ccc(Cl)cc2)C1. The maximum atomic E-state index is 5.86. The Labute approximate surface area is 103 Å². The van der Waals surface area contributed by atoms with E-state index in [4.69, 9.17) is 11.6 Å². The fourth-order valence-corrected chi connectivity index (χ4v) is 2.62. The molecule has 1 aromatic carbocycles. The molecule has 0 radical (unpaired) electrons. The quantitative estimate of drug-likeness (QED) is 0.835. The van der Waals surface area contributed by atoms with Crippen LogP contribution in [0.5, 0.6) is 0 Å². The van der Waals surface area contributed by atoms with Gasteiger partial charge in [-0.3, -0.25) is 0 Å². The van der Waals surface area contributed by atoms with E-state index in [9.17, 15) is 0 Å². The van der Waals surface area contributed by atoms with Crippen molar-refractivity contribution in [3.63, 3.8) is 0 Å². The van der Waals surface area contributed by atoms with Crippen LogP contribution in [0.2, 0.25) is 5.02 Å². The second-order valence-corrected chi connectivity index (χ2v) is 5.23. The van der Waals surface area contributed by atoms with Crippen molar-refractivity contribution in [2.75, 3.05) is 0 Å². The Morgan fingerprint density at radius 2 is 2.00 bits per heavy atom. The zero-order chi connectivity index (χ0) is 11.4. The number of halogens is 1. The second-order valence-electron chi connectivity index (χ2n) is 4.79. The summed E-state index contributed by atoms with van der Waals surface area (Å²) in [4.78, 5) is 0. The van der Waals surface area contributed by atoms with Crippen molar-refractivity contribution >= 4 is 11.6 Å². The van der Waals surface area contributed by atoms with E-state index < -0.39 is 0 Å². The van der Waals surface area contributed by atoms with Crippen LogP contribution in [0.1, 0.15) is 38.2 Å². The molecule has 0 amide bonds. The van der Waals surface area contributed by atoms with Gasteiger partial charge in [0, 0.05) is 17.6 Å². The molecule has 0 bridgehead atoms. The van der Waals surface area contributed by atoms with E-state index in [1.54, 1.807) is 0 Å². The van der Waals surface area contributed by atoms with Crippen LogP contribution in [0.4, 0.5) is 0 Å². The fourth-order valence-electron chi connectivity index (χ4n) is 2.50. The lowest BCUT2D eigenvalue weighted by molar-refractivity contribution is 0.477. The van der Waals surface area contributed by atoms with Gasteiger partial charge in [-0.05, 0) is 42.9 Å². The van der Waals surface area contributed by atoms with Crippen LogP contribution in [-0.2, 0) is 6.54 Å². The van der Waals surface area contributed by atoms with Gasteiger partial charge in [0.15, 0.2) is 0 Å². The summed E-state index contributed by atoms with van der Waals surface area (Å²) >= 11 is 5.86. The Kier molecular flexibility index (Phi) is 4.25. The van der Waals surface area contributed by atoms with E-state index in [0.717, 1.165) is 23.5 Å². The summed E-state index contributed by atoms with van der Waals surface area (Å²) < 4.78 is 0. The predicted octanol–water partition coefficient (Wildman–Crippen LogP) is 4.01. The molecule has 0 spiro atoms. The maximum absolute atomic E-state index is 5.86. The minimum atomic E-state index is 0.723. The molecule has 0 saturated heterocycles. The van der Waals surface area contributed by atoms with E-state index in [-0.39, 0.29) is 0 Å². The lowest BCUT2D eigenvalue weighted by atomic mass is 10.1. The molecule has 1 fully saturated rings. The van der Waals surface area contributed by atoms with Crippen molar-refractivity contribution in [1.29, 1.82) is 0 Å². The molecule has 1 aromatic rings. The van der Waals surface area contributed by atoms with E-state index in [1.165, 1.54) is 31.2 Å². The van der Waals surface area contributed by atoms with Gasteiger partial charge >= 0.3 is 0 Å². The van der Waals surface area contributed by atoms with E-state index in [1.807, 2.05) is 12.1 Å². The molecule has 0 aromatic heterocycles. The highest BCUT2D eigenvalue weighted by atomic mass is 35.5. The van der Waals surface area contributed by atoms with Crippen LogP contribution in [0.3, 0.4) is 0 Å². The molecule has 2 atom stereocenters. The van der Waals surface area contributed by atoms with Gasteiger partial charge in [-0.1, -0.05) is 37.1 Å². The van der Waals surface area contributed by atoms with Gasteiger partial charge < -0.3 is 5.32 Å². The summed E-state index contributed by atoms with van der Waals surface area (Å²) in [5, 5.41) is 4.45. The van der Waals surface area contributed by atoms with Crippen LogP contribution < -0.4 is 5.32 Å². The molecule has 1 N–H and O–H groups in total. The highest BCUT2D eigenvalue weighted by molar-refractivity contribution is 6.30. The van der Waals surface area contributed by atoms with E-state index in [2.05, 4.69) is 24.4 Å². The van der Waals surface area contributed by atoms with Crippen LogP contribution in [0.15, 0.2) is 24.3 Å². The summed E-state index contributed by atoms with van der Waals surface area (Å²) in [6.07, 6.45) is 5.42. The highest BCUT2D eigenvalue weighted by Crippen LogP contribution is 2.28. The Morgan fingerprint density at radius 1 is 1.25 bits per heavy atom. The molecule has 2 heteroatoms. The first-order valence-electron chi connectivity index (χ1n) is 6.25. The molecule has 1 aliphatic rings. The molecule has 2 unspecified atom stereocenters. The Balaban J connectivity index is 1.77. The predicted molar refractivity (Wildman–Crippen MR) is 69.7 cm³/mol. The summed E-state index contributed by atoms with van der Waals surface area (Å²) in [7, 11) is 0.